The molecule has 2 amide bonds. The number of ether oxygens (including phenoxy) is 2. The number of piperazine rings is 1. The minimum Gasteiger partial charge on any atom is -0.453 e. The van der Waals surface area contributed by atoms with Gasteiger partial charge < -0.3 is 25.4 Å². The molecule has 0 aromatic heterocycles. The van der Waals surface area contributed by atoms with E-state index in [-0.39, 0.29) is 47.0 Å². The molecule has 0 radical (unpaired) electrons. The average molecular weight is 751 g/mol. The Labute approximate surface area is 301 Å². The predicted octanol–water partition coefficient (Wildman–Crippen LogP) is 6.27. The lowest BCUT2D eigenvalue weighted by Gasteiger charge is -2.40. The summed E-state index contributed by atoms with van der Waals surface area (Å²) in [5, 5.41) is 9.28. The van der Waals surface area contributed by atoms with Gasteiger partial charge in [-0.05, 0) is 80.5 Å². The maximum atomic E-state index is 15.6. The molecule has 276 valence electrons. The number of carbonyl (C=O) groups excluding carboxylic acids is 2. The lowest BCUT2D eigenvalue weighted by atomic mass is 9.76. The van der Waals surface area contributed by atoms with Gasteiger partial charge in [-0.3, -0.25) is 4.79 Å². The van der Waals surface area contributed by atoms with Gasteiger partial charge in [0, 0.05) is 66.1 Å². The third-order valence-electron chi connectivity index (χ3n) is 9.55. The zero-order chi connectivity index (χ0) is 36.7. The number of sulfonamides is 1. The molecule has 15 heteroatoms. The van der Waals surface area contributed by atoms with E-state index in [0.29, 0.717) is 37.6 Å². The summed E-state index contributed by atoms with van der Waals surface area (Å²) >= 11 is 6.18. The van der Waals surface area contributed by atoms with Crippen LogP contribution in [-0.4, -0.2) is 76.3 Å². The van der Waals surface area contributed by atoms with Crippen LogP contribution in [0.15, 0.2) is 71.6 Å². The SMILES string of the molecule is COC(=O)NC(C(=O)Nc1cccc(F)c1CC[C@H]1CNC[C@@H](C)N1S(=O)(=O)c1ccc(C(F)F)cc1)C(c1ccc(Cl)cc1)C1CCOCC1. The van der Waals surface area contributed by atoms with Crippen LogP contribution in [0.4, 0.5) is 23.7 Å². The van der Waals surface area contributed by atoms with Crippen LogP contribution in [0.3, 0.4) is 0 Å². The monoisotopic (exact) mass is 750 g/mol. The smallest absolute Gasteiger partial charge is 0.407 e. The zero-order valence-electron chi connectivity index (χ0n) is 28.3. The fourth-order valence-corrected chi connectivity index (χ4v) is 8.99. The number of alkyl halides is 2. The van der Waals surface area contributed by atoms with Gasteiger partial charge in [0.15, 0.2) is 0 Å². The standard InChI is InChI=1S/C36H42ClF3N4O6S/c1-22-20-41-21-27(44(22)51(47,48)28-13-8-25(9-14-28)34(39)40)12-15-29-30(38)4-3-5-31(29)42-35(45)33(43-36(46)49-2)32(24-16-18-50-19-17-24)23-6-10-26(37)11-7-23/h3-11,13-14,22,24,27,32-34,41H,12,15-21H2,1-2H3,(H,42,45)(H,43,46)/t22-,27+,32?,33?/m1/s1. The largest absolute Gasteiger partial charge is 0.453 e. The summed E-state index contributed by atoms with van der Waals surface area (Å²) in [6.07, 6.45) is -2.06. The van der Waals surface area contributed by atoms with Gasteiger partial charge in [-0.25, -0.2) is 26.4 Å². The van der Waals surface area contributed by atoms with Crippen LogP contribution in [0.1, 0.15) is 55.2 Å². The highest BCUT2D eigenvalue weighted by molar-refractivity contribution is 7.89. The normalized spacial score (nSPS) is 20.1. The van der Waals surface area contributed by atoms with Gasteiger partial charge in [0.1, 0.15) is 11.9 Å². The van der Waals surface area contributed by atoms with Crippen LogP contribution in [-0.2, 0) is 30.7 Å². The molecule has 2 aliphatic rings. The Morgan fingerprint density at radius 2 is 1.69 bits per heavy atom. The topological polar surface area (TPSA) is 126 Å². The summed E-state index contributed by atoms with van der Waals surface area (Å²) in [6, 6.07) is 13.6. The van der Waals surface area contributed by atoms with E-state index in [2.05, 4.69) is 16.0 Å². The third kappa shape index (κ3) is 9.22. The summed E-state index contributed by atoms with van der Waals surface area (Å²) in [4.78, 5) is 26.7. The highest BCUT2D eigenvalue weighted by atomic mass is 35.5. The first-order valence-corrected chi connectivity index (χ1v) is 18.6. The molecule has 0 aliphatic carbocycles. The molecular formula is C36H42ClF3N4O6S. The van der Waals surface area contributed by atoms with Gasteiger partial charge in [-0.2, -0.15) is 4.31 Å². The van der Waals surface area contributed by atoms with E-state index < -0.39 is 58.3 Å². The lowest BCUT2D eigenvalue weighted by molar-refractivity contribution is -0.119. The Balaban J connectivity index is 1.41. The van der Waals surface area contributed by atoms with Crippen molar-refractivity contribution in [1.82, 2.24) is 14.9 Å². The average Bonchev–Trinajstić information content (AvgIpc) is 3.12. The lowest BCUT2D eigenvalue weighted by Crippen LogP contribution is -2.58. The summed E-state index contributed by atoms with van der Waals surface area (Å²) in [5.41, 5.74) is 0.816. The van der Waals surface area contributed by atoms with Gasteiger partial charge in [-0.1, -0.05) is 41.9 Å². The van der Waals surface area contributed by atoms with Crippen LogP contribution < -0.4 is 16.0 Å². The Morgan fingerprint density at radius 3 is 2.33 bits per heavy atom. The summed E-state index contributed by atoms with van der Waals surface area (Å²) in [5.74, 6) is -1.76. The highest BCUT2D eigenvalue weighted by Gasteiger charge is 2.40. The quantitative estimate of drug-likeness (QED) is 0.199. The molecule has 0 bridgehead atoms. The van der Waals surface area contributed by atoms with Crippen LogP contribution in [0.2, 0.25) is 5.02 Å². The van der Waals surface area contributed by atoms with Crippen molar-refractivity contribution in [3.05, 3.63) is 94.3 Å². The molecule has 10 nitrogen and oxygen atoms in total. The number of benzene rings is 3. The highest BCUT2D eigenvalue weighted by Crippen LogP contribution is 2.37. The van der Waals surface area contributed by atoms with E-state index in [1.54, 1.807) is 25.1 Å². The Hall–Kier alpha value is -3.69. The van der Waals surface area contributed by atoms with Crippen LogP contribution in [0.25, 0.3) is 0 Å². The number of alkyl carbamates (subject to hydrolysis) is 1. The number of rotatable bonds is 12. The van der Waals surface area contributed by atoms with Crippen molar-refractivity contribution in [2.24, 2.45) is 5.92 Å². The second-order valence-electron chi connectivity index (χ2n) is 12.8. The predicted molar refractivity (Wildman–Crippen MR) is 187 cm³/mol. The Morgan fingerprint density at radius 1 is 1.02 bits per heavy atom. The molecule has 0 saturated carbocycles. The number of hydrogen-bond donors (Lipinski definition) is 3. The summed E-state index contributed by atoms with van der Waals surface area (Å²) in [7, 11) is -2.91. The number of methoxy groups -OCH3 is 1. The molecule has 4 atom stereocenters. The molecule has 0 spiro atoms. The molecule has 5 rings (SSSR count). The van der Waals surface area contributed by atoms with Crippen molar-refractivity contribution in [2.75, 3.05) is 38.7 Å². The molecular weight excluding hydrogens is 709 g/mol. The number of amides is 2. The molecule has 2 heterocycles. The molecule has 2 unspecified atom stereocenters. The fraction of sp³-hybridized carbons (Fsp3) is 0.444. The minimum atomic E-state index is -4.11. The van der Waals surface area contributed by atoms with Crippen LogP contribution >= 0.6 is 11.6 Å². The number of nitrogens with zero attached hydrogens (tertiary/aromatic N) is 1. The zero-order valence-corrected chi connectivity index (χ0v) is 29.9. The molecule has 3 aromatic carbocycles. The molecule has 3 aromatic rings. The molecule has 2 saturated heterocycles. The van der Waals surface area contributed by atoms with Gasteiger partial charge in [0.25, 0.3) is 6.43 Å². The van der Waals surface area contributed by atoms with Crippen molar-refractivity contribution >= 4 is 39.3 Å². The minimum absolute atomic E-state index is 0.0490. The fourth-order valence-electron chi connectivity index (χ4n) is 7.02. The van der Waals surface area contributed by atoms with E-state index in [9.17, 15) is 26.8 Å². The van der Waals surface area contributed by atoms with Crippen molar-refractivity contribution in [2.45, 2.75) is 68.0 Å². The second-order valence-corrected chi connectivity index (χ2v) is 15.1. The van der Waals surface area contributed by atoms with Crippen LogP contribution in [0, 0.1) is 11.7 Å². The van der Waals surface area contributed by atoms with Gasteiger partial charge in [0.05, 0.1) is 12.0 Å². The van der Waals surface area contributed by atoms with Gasteiger partial charge >= 0.3 is 6.09 Å². The van der Waals surface area contributed by atoms with Crippen molar-refractivity contribution < 1.29 is 40.7 Å². The van der Waals surface area contributed by atoms with Gasteiger partial charge in [-0.15, -0.1) is 0 Å². The number of anilines is 1. The first kappa shape index (κ1) is 38.5. The van der Waals surface area contributed by atoms with Crippen molar-refractivity contribution in [3.8, 4) is 0 Å². The molecule has 2 aliphatic heterocycles. The van der Waals surface area contributed by atoms with E-state index in [1.165, 1.54) is 35.7 Å². The Bertz CT molecular complexity index is 1760. The maximum absolute atomic E-state index is 15.6. The molecule has 51 heavy (non-hydrogen) atoms. The Kier molecular flexibility index (Phi) is 13.0. The van der Waals surface area contributed by atoms with Crippen molar-refractivity contribution in [3.63, 3.8) is 0 Å². The molecule has 2 fully saturated rings. The van der Waals surface area contributed by atoms with E-state index >= 15 is 4.39 Å². The van der Waals surface area contributed by atoms with E-state index in [1.807, 2.05) is 12.1 Å². The number of carbonyl (C=O) groups is 2. The number of halogens is 4. The number of hydrogen-bond acceptors (Lipinski definition) is 7. The number of nitrogens with one attached hydrogen (secondary N) is 3. The summed E-state index contributed by atoms with van der Waals surface area (Å²) < 4.78 is 81.3. The van der Waals surface area contributed by atoms with Crippen LogP contribution in [0.5, 0.6) is 0 Å². The summed E-state index contributed by atoms with van der Waals surface area (Å²) in [6.45, 7) is 3.34. The third-order valence-corrected chi connectivity index (χ3v) is 11.9. The van der Waals surface area contributed by atoms with Gasteiger partial charge in [0.2, 0.25) is 15.9 Å². The van der Waals surface area contributed by atoms with E-state index in [0.717, 1.165) is 17.7 Å². The second kappa shape index (κ2) is 17.2. The molecule has 3 N–H and O–H groups in total. The first-order valence-electron chi connectivity index (χ1n) is 16.8. The maximum Gasteiger partial charge on any atom is 0.407 e. The first-order chi connectivity index (χ1) is 24.4. The van der Waals surface area contributed by atoms with Crippen molar-refractivity contribution in [1.29, 1.82) is 0 Å². The van der Waals surface area contributed by atoms with E-state index in [4.69, 9.17) is 21.1 Å².